The molecule has 6 nitrogen and oxygen atoms in total. The summed E-state index contributed by atoms with van der Waals surface area (Å²) in [6.45, 7) is 1.42. The number of hydrogen-bond acceptors (Lipinski definition) is 6. The van der Waals surface area contributed by atoms with Gasteiger partial charge in [0.25, 0.3) is 5.85 Å². The van der Waals surface area contributed by atoms with Crippen LogP contribution in [0.1, 0.15) is 13.8 Å². The summed E-state index contributed by atoms with van der Waals surface area (Å²) in [5, 5.41) is 9.31. The van der Waals surface area contributed by atoms with Crippen LogP contribution in [0.2, 0.25) is 0 Å². The van der Waals surface area contributed by atoms with Gasteiger partial charge in [0.15, 0.2) is 6.10 Å². The van der Waals surface area contributed by atoms with E-state index in [0.717, 1.165) is 13.8 Å². The Bertz CT molecular complexity index is 290. The van der Waals surface area contributed by atoms with Crippen molar-refractivity contribution in [3.63, 3.8) is 0 Å². The zero-order valence-electron chi connectivity index (χ0n) is 8.94. The highest BCUT2D eigenvalue weighted by molar-refractivity contribution is 5.67. The molecule has 1 heterocycles. The Morgan fingerprint density at radius 1 is 1.38 bits per heavy atom. The number of carbonyl (C=O) groups excluding carboxylic acids is 2. The van der Waals surface area contributed by atoms with E-state index in [-0.39, 0.29) is 6.61 Å². The molecule has 7 heteroatoms. The summed E-state index contributed by atoms with van der Waals surface area (Å²) < 4.78 is 27.6. The Balaban J connectivity index is 2.79. The lowest BCUT2D eigenvalue weighted by Crippen LogP contribution is -2.57. The topological polar surface area (TPSA) is 82.1 Å². The third-order valence-electron chi connectivity index (χ3n) is 1.97. The van der Waals surface area contributed by atoms with Gasteiger partial charge in [-0.1, -0.05) is 0 Å². The third kappa shape index (κ3) is 3.14. The quantitative estimate of drug-likeness (QED) is 0.653. The van der Waals surface area contributed by atoms with Crippen LogP contribution in [0.15, 0.2) is 0 Å². The van der Waals surface area contributed by atoms with Crippen molar-refractivity contribution in [2.75, 3.05) is 13.2 Å². The van der Waals surface area contributed by atoms with Crippen molar-refractivity contribution >= 4 is 11.9 Å². The van der Waals surface area contributed by atoms with Crippen molar-refractivity contribution < 1.29 is 33.3 Å². The van der Waals surface area contributed by atoms with Crippen molar-refractivity contribution in [2.45, 2.75) is 31.9 Å². The van der Waals surface area contributed by atoms with Crippen molar-refractivity contribution in [2.24, 2.45) is 0 Å². The standard InChI is InChI=1S/C9H13FO6/c1-5(11)15-7-3-14-4-9(10,13)8(7)16-6(2)12/h7-8,13H,3-4H2,1-2H3/t7-,8-,9-/m0/s1. The van der Waals surface area contributed by atoms with Gasteiger partial charge in [0.05, 0.1) is 6.61 Å². The predicted molar refractivity (Wildman–Crippen MR) is 48.0 cm³/mol. The number of rotatable bonds is 2. The molecular weight excluding hydrogens is 223 g/mol. The van der Waals surface area contributed by atoms with Gasteiger partial charge in [0, 0.05) is 13.8 Å². The van der Waals surface area contributed by atoms with Gasteiger partial charge in [0.2, 0.25) is 6.10 Å². The van der Waals surface area contributed by atoms with E-state index in [9.17, 15) is 19.1 Å². The van der Waals surface area contributed by atoms with Crippen LogP contribution in [0.3, 0.4) is 0 Å². The maximum Gasteiger partial charge on any atom is 0.303 e. The number of hydrogen-bond donors (Lipinski definition) is 1. The van der Waals surface area contributed by atoms with E-state index in [1.165, 1.54) is 0 Å². The Labute approximate surface area is 91.3 Å². The van der Waals surface area contributed by atoms with Gasteiger partial charge in [-0.15, -0.1) is 0 Å². The molecule has 0 aromatic carbocycles. The minimum Gasteiger partial charge on any atom is -0.456 e. The molecule has 0 radical (unpaired) electrons. The highest BCUT2D eigenvalue weighted by atomic mass is 19.2. The number of carbonyl (C=O) groups is 2. The van der Waals surface area contributed by atoms with Gasteiger partial charge in [-0.3, -0.25) is 9.59 Å². The van der Waals surface area contributed by atoms with E-state index in [1.54, 1.807) is 0 Å². The molecule has 0 amide bonds. The molecule has 1 aliphatic heterocycles. The largest absolute Gasteiger partial charge is 0.456 e. The minimum atomic E-state index is -2.86. The van der Waals surface area contributed by atoms with Crippen molar-refractivity contribution in [3.05, 3.63) is 0 Å². The average molecular weight is 236 g/mol. The second-order valence-electron chi connectivity index (χ2n) is 3.51. The maximum absolute atomic E-state index is 13.6. The lowest BCUT2D eigenvalue weighted by atomic mass is 10.0. The average Bonchev–Trinajstić information content (AvgIpc) is 2.09. The monoisotopic (exact) mass is 236 g/mol. The van der Waals surface area contributed by atoms with Gasteiger partial charge in [-0.25, -0.2) is 4.39 Å². The minimum absolute atomic E-state index is 0.135. The fourth-order valence-corrected chi connectivity index (χ4v) is 1.43. The molecule has 0 aromatic heterocycles. The van der Waals surface area contributed by atoms with Crippen molar-refractivity contribution in [1.82, 2.24) is 0 Å². The van der Waals surface area contributed by atoms with Crippen LogP contribution in [-0.2, 0) is 23.8 Å². The summed E-state index contributed by atoms with van der Waals surface area (Å²) in [5.74, 6) is -4.31. The van der Waals surface area contributed by atoms with E-state index in [0.29, 0.717) is 0 Å². The van der Waals surface area contributed by atoms with Gasteiger partial charge < -0.3 is 19.3 Å². The highest BCUT2D eigenvalue weighted by Crippen LogP contribution is 2.26. The molecule has 1 rings (SSSR count). The number of alkyl halides is 1. The molecule has 16 heavy (non-hydrogen) atoms. The lowest BCUT2D eigenvalue weighted by molar-refractivity contribution is -0.273. The van der Waals surface area contributed by atoms with E-state index >= 15 is 0 Å². The van der Waals surface area contributed by atoms with Crippen LogP contribution in [0, 0.1) is 0 Å². The van der Waals surface area contributed by atoms with Crippen LogP contribution in [-0.4, -0.2) is 48.3 Å². The van der Waals surface area contributed by atoms with Crippen LogP contribution in [0.4, 0.5) is 4.39 Å². The summed E-state index contributed by atoms with van der Waals surface area (Å²) >= 11 is 0. The summed E-state index contributed by atoms with van der Waals surface area (Å²) in [5.41, 5.74) is 0. The number of aliphatic hydroxyl groups is 1. The molecule has 3 atom stereocenters. The number of halogens is 1. The predicted octanol–water partition coefficient (Wildman–Crippen LogP) is -0.462. The molecule has 1 fully saturated rings. The molecule has 0 aromatic rings. The van der Waals surface area contributed by atoms with E-state index < -0.39 is 36.6 Å². The van der Waals surface area contributed by atoms with Crippen molar-refractivity contribution in [3.8, 4) is 0 Å². The summed E-state index contributed by atoms with van der Waals surface area (Å²) in [4.78, 5) is 21.5. The number of esters is 2. The molecule has 0 unspecified atom stereocenters. The molecule has 1 aliphatic rings. The van der Waals surface area contributed by atoms with Gasteiger partial charge in [0.1, 0.15) is 6.61 Å². The molecule has 1 saturated heterocycles. The van der Waals surface area contributed by atoms with Gasteiger partial charge >= 0.3 is 11.9 Å². The number of ether oxygens (including phenoxy) is 3. The molecular formula is C9H13FO6. The van der Waals surface area contributed by atoms with Crippen molar-refractivity contribution in [1.29, 1.82) is 0 Å². The van der Waals surface area contributed by atoms with E-state index in [4.69, 9.17) is 9.47 Å². The van der Waals surface area contributed by atoms with Crippen LogP contribution < -0.4 is 0 Å². The fourth-order valence-electron chi connectivity index (χ4n) is 1.43. The van der Waals surface area contributed by atoms with Gasteiger partial charge in [-0.2, -0.15) is 0 Å². The lowest BCUT2D eigenvalue weighted by Gasteiger charge is -2.37. The summed E-state index contributed by atoms with van der Waals surface area (Å²) in [7, 11) is 0. The third-order valence-corrected chi connectivity index (χ3v) is 1.97. The molecule has 0 saturated carbocycles. The molecule has 0 spiro atoms. The second kappa shape index (κ2) is 4.75. The van der Waals surface area contributed by atoms with Gasteiger partial charge in [-0.05, 0) is 0 Å². The second-order valence-corrected chi connectivity index (χ2v) is 3.51. The molecule has 1 N–H and O–H groups in total. The smallest absolute Gasteiger partial charge is 0.303 e. The zero-order valence-corrected chi connectivity index (χ0v) is 8.94. The van der Waals surface area contributed by atoms with E-state index in [1.807, 2.05) is 0 Å². The van der Waals surface area contributed by atoms with Crippen LogP contribution in [0.25, 0.3) is 0 Å². The Morgan fingerprint density at radius 3 is 2.44 bits per heavy atom. The SMILES string of the molecule is CC(=O)O[C@H]1COC[C@@](O)(F)[C@H]1OC(C)=O. The highest BCUT2D eigenvalue weighted by Gasteiger charge is 2.50. The summed E-state index contributed by atoms with van der Waals surface area (Å²) in [6.07, 6.45) is -2.72. The first kappa shape index (κ1) is 12.9. The molecule has 0 bridgehead atoms. The normalized spacial score (nSPS) is 34.2. The Hall–Kier alpha value is -1.21. The Kier molecular flexibility index (Phi) is 3.82. The van der Waals surface area contributed by atoms with Crippen LogP contribution >= 0.6 is 0 Å². The molecule has 0 aliphatic carbocycles. The first-order chi connectivity index (χ1) is 7.33. The summed E-state index contributed by atoms with van der Waals surface area (Å²) in [6, 6.07) is 0. The molecule has 92 valence electrons. The first-order valence-corrected chi connectivity index (χ1v) is 4.66. The zero-order chi connectivity index (χ0) is 12.3. The fraction of sp³-hybridized carbons (Fsp3) is 0.778. The first-order valence-electron chi connectivity index (χ1n) is 4.66. The Morgan fingerprint density at radius 2 is 1.94 bits per heavy atom. The van der Waals surface area contributed by atoms with E-state index in [2.05, 4.69) is 4.74 Å². The van der Waals surface area contributed by atoms with Crippen LogP contribution in [0.5, 0.6) is 0 Å². The maximum atomic E-state index is 13.6.